The molecule has 2 rings (SSSR count). The van der Waals surface area contributed by atoms with Crippen molar-refractivity contribution in [1.29, 1.82) is 0 Å². The SMILES string of the molecule is CC1CCC(NC(=O)c2cc(Br)cnc2N)C1C. The fourth-order valence-corrected chi connectivity index (χ4v) is 2.78. The topological polar surface area (TPSA) is 68.0 Å². The number of pyridine rings is 1. The number of amides is 1. The maximum Gasteiger partial charge on any atom is 0.255 e. The minimum absolute atomic E-state index is 0.132. The summed E-state index contributed by atoms with van der Waals surface area (Å²) in [6.07, 6.45) is 3.79. The fraction of sp³-hybridized carbons (Fsp3) is 0.538. The van der Waals surface area contributed by atoms with Crippen molar-refractivity contribution in [1.82, 2.24) is 10.3 Å². The first-order valence-corrected chi connectivity index (χ1v) is 7.00. The van der Waals surface area contributed by atoms with Crippen molar-refractivity contribution >= 4 is 27.7 Å². The van der Waals surface area contributed by atoms with Crippen LogP contribution in [0.5, 0.6) is 0 Å². The summed E-state index contributed by atoms with van der Waals surface area (Å²) in [5.74, 6) is 1.31. The van der Waals surface area contributed by atoms with E-state index in [2.05, 4.69) is 40.1 Å². The Bertz CT molecular complexity index is 464. The van der Waals surface area contributed by atoms with Crippen LogP contribution in [0.1, 0.15) is 37.0 Å². The molecule has 3 unspecified atom stereocenters. The van der Waals surface area contributed by atoms with Crippen molar-refractivity contribution in [3.63, 3.8) is 0 Å². The van der Waals surface area contributed by atoms with Gasteiger partial charge in [0, 0.05) is 16.7 Å². The van der Waals surface area contributed by atoms with Gasteiger partial charge < -0.3 is 11.1 Å². The van der Waals surface area contributed by atoms with Gasteiger partial charge in [-0.2, -0.15) is 0 Å². The number of nitrogens with two attached hydrogens (primary N) is 1. The number of nitrogens with one attached hydrogen (secondary N) is 1. The van der Waals surface area contributed by atoms with Gasteiger partial charge in [-0.1, -0.05) is 13.8 Å². The van der Waals surface area contributed by atoms with Crippen LogP contribution in [0.2, 0.25) is 0 Å². The molecule has 1 fully saturated rings. The van der Waals surface area contributed by atoms with Crippen molar-refractivity contribution in [2.75, 3.05) is 5.73 Å². The van der Waals surface area contributed by atoms with Crippen molar-refractivity contribution in [2.24, 2.45) is 11.8 Å². The van der Waals surface area contributed by atoms with Crippen LogP contribution in [0.3, 0.4) is 0 Å². The van der Waals surface area contributed by atoms with Crippen molar-refractivity contribution in [3.8, 4) is 0 Å². The number of nitrogens with zero attached hydrogens (tertiary/aromatic N) is 1. The highest BCUT2D eigenvalue weighted by molar-refractivity contribution is 9.10. The molecule has 3 atom stereocenters. The quantitative estimate of drug-likeness (QED) is 0.882. The molecule has 5 heteroatoms. The van der Waals surface area contributed by atoms with Gasteiger partial charge in [0.15, 0.2) is 0 Å². The lowest BCUT2D eigenvalue weighted by atomic mass is 9.97. The second-order valence-corrected chi connectivity index (χ2v) is 6.00. The Kier molecular flexibility index (Phi) is 3.90. The number of nitrogen functional groups attached to an aromatic ring is 1. The molecule has 0 saturated heterocycles. The van der Waals surface area contributed by atoms with Crippen molar-refractivity contribution < 1.29 is 4.79 Å². The third kappa shape index (κ3) is 2.66. The van der Waals surface area contributed by atoms with Crippen LogP contribution in [0.25, 0.3) is 0 Å². The standard InChI is InChI=1S/C13H18BrN3O/c1-7-3-4-11(8(7)2)17-13(18)10-5-9(14)6-16-12(10)15/h5-8,11H,3-4H2,1-2H3,(H2,15,16)(H,17,18). The van der Waals surface area contributed by atoms with E-state index in [1.165, 1.54) is 6.42 Å². The van der Waals surface area contributed by atoms with E-state index in [4.69, 9.17) is 5.73 Å². The molecule has 98 valence electrons. The zero-order valence-corrected chi connectivity index (χ0v) is 12.2. The average Bonchev–Trinajstić information content (AvgIpc) is 2.64. The van der Waals surface area contributed by atoms with Crippen molar-refractivity contribution in [3.05, 3.63) is 22.3 Å². The molecule has 0 spiro atoms. The average molecular weight is 312 g/mol. The minimum Gasteiger partial charge on any atom is -0.383 e. The molecule has 3 N–H and O–H groups in total. The lowest BCUT2D eigenvalue weighted by molar-refractivity contribution is 0.0928. The highest BCUT2D eigenvalue weighted by atomic mass is 79.9. The van der Waals surface area contributed by atoms with Crippen LogP contribution in [0.4, 0.5) is 5.82 Å². The number of hydrogen-bond donors (Lipinski definition) is 2. The third-order valence-electron chi connectivity index (χ3n) is 3.91. The molecule has 1 aliphatic rings. The number of hydrogen-bond acceptors (Lipinski definition) is 3. The number of rotatable bonds is 2. The molecule has 0 bridgehead atoms. The van der Waals surface area contributed by atoms with Crippen LogP contribution in [0.15, 0.2) is 16.7 Å². The van der Waals surface area contributed by atoms with Crippen LogP contribution < -0.4 is 11.1 Å². The van der Waals surface area contributed by atoms with Gasteiger partial charge >= 0.3 is 0 Å². The van der Waals surface area contributed by atoms with E-state index in [9.17, 15) is 4.79 Å². The van der Waals surface area contributed by atoms with Gasteiger partial charge in [0.05, 0.1) is 5.56 Å². The first kappa shape index (κ1) is 13.3. The molecular weight excluding hydrogens is 294 g/mol. The summed E-state index contributed by atoms with van der Waals surface area (Å²) >= 11 is 3.30. The molecule has 1 heterocycles. The van der Waals surface area contributed by atoms with Gasteiger partial charge in [0.25, 0.3) is 5.91 Å². The molecule has 1 amide bonds. The fourth-order valence-electron chi connectivity index (χ4n) is 2.45. The van der Waals surface area contributed by atoms with E-state index in [0.717, 1.165) is 10.9 Å². The number of carbonyl (C=O) groups excluding carboxylic acids is 1. The maximum absolute atomic E-state index is 12.2. The zero-order valence-electron chi connectivity index (χ0n) is 10.6. The summed E-state index contributed by atoms with van der Waals surface area (Å²) in [6.45, 7) is 4.41. The number of carbonyl (C=O) groups is 1. The van der Waals surface area contributed by atoms with Gasteiger partial charge in [-0.3, -0.25) is 4.79 Å². The lowest BCUT2D eigenvalue weighted by Gasteiger charge is -2.20. The molecule has 4 nitrogen and oxygen atoms in total. The van der Waals surface area contributed by atoms with Crippen LogP contribution in [0, 0.1) is 11.8 Å². The van der Waals surface area contributed by atoms with E-state index in [1.54, 1.807) is 12.3 Å². The predicted octanol–water partition coefficient (Wildman–Crippen LogP) is 2.59. The van der Waals surface area contributed by atoms with E-state index in [-0.39, 0.29) is 17.8 Å². The Hall–Kier alpha value is -1.10. The van der Waals surface area contributed by atoms with E-state index in [0.29, 0.717) is 17.4 Å². The van der Waals surface area contributed by atoms with Crippen molar-refractivity contribution in [2.45, 2.75) is 32.7 Å². The Balaban J connectivity index is 2.10. The summed E-state index contributed by atoms with van der Waals surface area (Å²) in [4.78, 5) is 16.2. The summed E-state index contributed by atoms with van der Waals surface area (Å²) in [5, 5.41) is 3.06. The first-order valence-electron chi connectivity index (χ1n) is 6.21. The molecule has 1 aliphatic carbocycles. The van der Waals surface area contributed by atoms with Gasteiger partial charge in [-0.25, -0.2) is 4.98 Å². The molecule has 0 radical (unpaired) electrons. The lowest BCUT2D eigenvalue weighted by Crippen LogP contribution is -2.37. The normalized spacial score (nSPS) is 27.2. The summed E-state index contributed by atoms with van der Waals surface area (Å²) in [7, 11) is 0. The predicted molar refractivity (Wildman–Crippen MR) is 75.2 cm³/mol. The maximum atomic E-state index is 12.2. The molecule has 0 aromatic carbocycles. The molecule has 0 aliphatic heterocycles. The molecule has 1 saturated carbocycles. The highest BCUT2D eigenvalue weighted by Crippen LogP contribution is 2.31. The molecule has 18 heavy (non-hydrogen) atoms. The summed E-state index contributed by atoms with van der Waals surface area (Å²) < 4.78 is 0.759. The first-order chi connectivity index (χ1) is 8.49. The second-order valence-electron chi connectivity index (χ2n) is 5.08. The van der Waals surface area contributed by atoms with E-state index in [1.807, 2.05) is 0 Å². The number of anilines is 1. The van der Waals surface area contributed by atoms with Gasteiger partial charge in [0.1, 0.15) is 5.82 Å². The van der Waals surface area contributed by atoms with Crippen LogP contribution >= 0.6 is 15.9 Å². The summed E-state index contributed by atoms with van der Waals surface area (Å²) in [5.41, 5.74) is 6.17. The smallest absolute Gasteiger partial charge is 0.255 e. The Morgan fingerprint density at radius 1 is 1.50 bits per heavy atom. The number of aromatic nitrogens is 1. The monoisotopic (exact) mass is 311 g/mol. The molecule has 1 aromatic rings. The highest BCUT2D eigenvalue weighted by Gasteiger charge is 2.31. The molecule has 1 aromatic heterocycles. The Morgan fingerprint density at radius 3 is 2.83 bits per heavy atom. The zero-order chi connectivity index (χ0) is 13.3. The second kappa shape index (κ2) is 5.26. The largest absolute Gasteiger partial charge is 0.383 e. The Morgan fingerprint density at radius 2 is 2.22 bits per heavy atom. The van der Waals surface area contributed by atoms with Gasteiger partial charge in [-0.15, -0.1) is 0 Å². The van der Waals surface area contributed by atoms with Crippen LogP contribution in [-0.2, 0) is 0 Å². The minimum atomic E-state index is -0.132. The number of halogens is 1. The molecular formula is C13H18BrN3O. The van der Waals surface area contributed by atoms with Gasteiger partial charge in [0.2, 0.25) is 0 Å². The summed E-state index contributed by atoms with van der Waals surface area (Å²) in [6, 6.07) is 1.95. The van der Waals surface area contributed by atoms with Crippen LogP contribution in [-0.4, -0.2) is 16.9 Å². The Labute approximate surface area is 115 Å². The van der Waals surface area contributed by atoms with Gasteiger partial charge in [-0.05, 0) is 46.7 Å². The van der Waals surface area contributed by atoms with E-state index >= 15 is 0 Å². The third-order valence-corrected chi connectivity index (χ3v) is 4.35. The van der Waals surface area contributed by atoms with E-state index < -0.39 is 0 Å².